The summed E-state index contributed by atoms with van der Waals surface area (Å²) in [6, 6.07) is -0.0136. The van der Waals surface area contributed by atoms with Gasteiger partial charge in [-0.05, 0) is 20.3 Å². The Morgan fingerprint density at radius 3 is 2.84 bits per heavy atom. The molecule has 3 heterocycles. The van der Waals surface area contributed by atoms with Gasteiger partial charge in [0.1, 0.15) is 6.17 Å². The number of hydrogen-bond acceptors (Lipinski definition) is 5. The van der Waals surface area contributed by atoms with Crippen molar-refractivity contribution in [3.8, 4) is 11.3 Å². The SMILES string of the molecule is CC(C)Nc1c(F)c(Cl)c(-c2cn3cc(NC(=O)[C@@H]4C[C@H]4F)nc3cn2)c2cn[nH]c12. The molecule has 2 atom stereocenters. The number of halogens is 3. The van der Waals surface area contributed by atoms with Crippen molar-refractivity contribution >= 4 is 45.6 Å². The van der Waals surface area contributed by atoms with Crippen LogP contribution in [0.25, 0.3) is 27.8 Å². The van der Waals surface area contributed by atoms with Gasteiger partial charge in [-0.15, -0.1) is 0 Å². The molecule has 0 aliphatic heterocycles. The van der Waals surface area contributed by atoms with Crippen LogP contribution >= 0.6 is 11.6 Å². The Balaban J connectivity index is 1.57. The smallest absolute Gasteiger partial charge is 0.231 e. The molecule has 1 saturated carbocycles. The van der Waals surface area contributed by atoms with Crippen molar-refractivity contribution in [1.29, 1.82) is 0 Å². The molecule has 1 amide bonds. The van der Waals surface area contributed by atoms with Crippen LogP contribution in [-0.2, 0) is 4.79 Å². The summed E-state index contributed by atoms with van der Waals surface area (Å²) in [4.78, 5) is 20.6. The first kappa shape index (κ1) is 19.7. The second kappa shape index (κ2) is 7.16. The minimum absolute atomic E-state index is 0.0136. The molecule has 11 heteroatoms. The topological polar surface area (TPSA) is 100 Å². The standard InChI is InChI=1S/C20H18ClF2N7O/c1-8(2)26-19-17(23)16(21)15(10-4-25-29-18(10)19)12-6-30-7-13(27-14(30)5-24-12)28-20(31)9-3-11(9)22/h4-9,11,26H,3H2,1-2H3,(H,25,29)(H,28,31)/t9-,11-/m1/s1. The molecule has 1 fully saturated rings. The average molecular weight is 446 g/mol. The minimum atomic E-state index is -1.09. The maximum absolute atomic E-state index is 15.1. The first-order valence-corrected chi connectivity index (χ1v) is 10.1. The van der Waals surface area contributed by atoms with E-state index in [1.54, 1.807) is 23.0 Å². The fourth-order valence-corrected chi connectivity index (χ4v) is 3.82. The lowest BCUT2D eigenvalue weighted by Crippen LogP contribution is -2.15. The van der Waals surface area contributed by atoms with Crippen molar-refractivity contribution in [2.45, 2.75) is 32.5 Å². The fraction of sp³-hybridized carbons (Fsp3) is 0.300. The number of fused-ring (bicyclic) bond motifs is 2. The summed E-state index contributed by atoms with van der Waals surface area (Å²) in [6.45, 7) is 3.79. The van der Waals surface area contributed by atoms with E-state index in [1.165, 1.54) is 6.20 Å². The number of carbonyl (C=O) groups excluding carboxylic acids is 1. The van der Waals surface area contributed by atoms with Crippen LogP contribution in [0.5, 0.6) is 0 Å². The molecule has 8 nitrogen and oxygen atoms in total. The van der Waals surface area contributed by atoms with Crippen molar-refractivity contribution in [2.75, 3.05) is 10.6 Å². The summed E-state index contributed by atoms with van der Waals surface area (Å²) >= 11 is 6.42. The van der Waals surface area contributed by atoms with Crippen LogP contribution in [-0.4, -0.2) is 42.7 Å². The van der Waals surface area contributed by atoms with Gasteiger partial charge in [-0.25, -0.2) is 13.8 Å². The van der Waals surface area contributed by atoms with Crippen molar-refractivity contribution in [2.24, 2.45) is 5.92 Å². The fourth-order valence-electron chi connectivity index (χ4n) is 3.53. The van der Waals surface area contributed by atoms with Crippen molar-refractivity contribution in [3.63, 3.8) is 0 Å². The Morgan fingerprint density at radius 2 is 2.13 bits per heavy atom. The Bertz CT molecular complexity index is 1330. The van der Waals surface area contributed by atoms with Crippen LogP contribution < -0.4 is 10.6 Å². The molecule has 4 aromatic rings. The number of aromatic amines is 1. The maximum Gasteiger partial charge on any atom is 0.231 e. The third-order valence-electron chi connectivity index (χ3n) is 5.12. The van der Waals surface area contributed by atoms with E-state index in [-0.39, 0.29) is 29.0 Å². The van der Waals surface area contributed by atoms with Gasteiger partial charge in [0.15, 0.2) is 17.3 Å². The number of nitrogens with one attached hydrogen (secondary N) is 3. The van der Waals surface area contributed by atoms with E-state index < -0.39 is 23.8 Å². The highest BCUT2D eigenvalue weighted by Gasteiger charge is 2.43. The number of amides is 1. The number of H-pyrrole nitrogens is 1. The highest BCUT2D eigenvalue weighted by Crippen LogP contribution is 2.41. The largest absolute Gasteiger partial charge is 0.379 e. The van der Waals surface area contributed by atoms with Crippen LogP contribution in [0.15, 0.2) is 24.8 Å². The Kier molecular flexibility index (Phi) is 4.54. The zero-order valence-electron chi connectivity index (χ0n) is 16.6. The molecule has 0 spiro atoms. The third kappa shape index (κ3) is 3.36. The molecule has 3 aromatic heterocycles. The Morgan fingerprint density at radius 1 is 1.35 bits per heavy atom. The van der Waals surface area contributed by atoms with E-state index in [0.717, 1.165) is 0 Å². The lowest BCUT2D eigenvalue weighted by Gasteiger charge is -2.15. The van der Waals surface area contributed by atoms with Crippen LogP contribution in [0.3, 0.4) is 0 Å². The van der Waals surface area contributed by atoms with Gasteiger partial charge in [-0.1, -0.05) is 11.6 Å². The molecule has 5 rings (SSSR count). The van der Waals surface area contributed by atoms with Gasteiger partial charge in [-0.3, -0.25) is 14.9 Å². The summed E-state index contributed by atoms with van der Waals surface area (Å²) in [5.74, 6) is -1.34. The van der Waals surface area contributed by atoms with Gasteiger partial charge in [0.2, 0.25) is 5.91 Å². The van der Waals surface area contributed by atoms with E-state index in [1.807, 2.05) is 13.8 Å². The molecule has 0 bridgehead atoms. The Labute approximate surface area is 180 Å². The molecule has 1 aromatic carbocycles. The highest BCUT2D eigenvalue weighted by molar-refractivity contribution is 6.35. The first-order chi connectivity index (χ1) is 14.8. The van der Waals surface area contributed by atoms with Gasteiger partial charge in [0.05, 0.1) is 46.4 Å². The molecular weight excluding hydrogens is 428 g/mol. The molecule has 0 unspecified atom stereocenters. The predicted molar refractivity (Wildman–Crippen MR) is 113 cm³/mol. The molecule has 31 heavy (non-hydrogen) atoms. The van der Waals surface area contributed by atoms with Crippen molar-refractivity contribution in [3.05, 3.63) is 35.6 Å². The average Bonchev–Trinajstić information content (AvgIpc) is 3.11. The molecule has 3 N–H and O–H groups in total. The molecular formula is C20H18ClF2N7O. The van der Waals surface area contributed by atoms with Crippen molar-refractivity contribution < 1.29 is 13.6 Å². The van der Waals surface area contributed by atoms with Gasteiger partial charge in [0, 0.05) is 23.2 Å². The highest BCUT2D eigenvalue weighted by atomic mass is 35.5. The molecule has 160 valence electrons. The molecule has 0 saturated heterocycles. The number of carbonyl (C=O) groups is 1. The second-order valence-corrected chi connectivity index (χ2v) is 8.23. The number of nitrogens with zero attached hydrogens (tertiary/aromatic N) is 4. The number of benzene rings is 1. The van der Waals surface area contributed by atoms with E-state index in [9.17, 15) is 9.18 Å². The van der Waals surface area contributed by atoms with Gasteiger partial charge >= 0.3 is 0 Å². The van der Waals surface area contributed by atoms with E-state index in [0.29, 0.717) is 27.8 Å². The number of alkyl halides is 1. The summed E-state index contributed by atoms with van der Waals surface area (Å²) in [7, 11) is 0. The van der Waals surface area contributed by atoms with Crippen LogP contribution in [0.4, 0.5) is 20.3 Å². The summed E-state index contributed by atoms with van der Waals surface area (Å²) in [5.41, 5.74) is 1.98. The third-order valence-corrected chi connectivity index (χ3v) is 5.48. The number of aromatic nitrogens is 5. The quantitative estimate of drug-likeness (QED) is 0.428. The first-order valence-electron chi connectivity index (χ1n) is 9.74. The lowest BCUT2D eigenvalue weighted by molar-refractivity contribution is -0.117. The minimum Gasteiger partial charge on any atom is -0.379 e. The number of imidazole rings is 1. The summed E-state index contributed by atoms with van der Waals surface area (Å²) in [6.07, 6.45) is 5.41. The van der Waals surface area contributed by atoms with E-state index in [2.05, 4.69) is 30.8 Å². The maximum atomic E-state index is 15.1. The lowest BCUT2D eigenvalue weighted by atomic mass is 10.1. The van der Waals surface area contributed by atoms with E-state index >= 15 is 4.39 Å². The van der Waals surface area contributed by atoms with E-state index in [4.69, 9.17) is 11.6 Å². The molecule has 0 radical (unpaired) electrons. The van der Waals surface area contributed by atoms with Gasteiger partial charge in [0.25, 0.3) is 0 Å². The zero-order chi connectivity index (χ0) is 21.9. The van der Waals surface area contributed by atoms with Gasteiger partial charge in [-0.2, -0.15) is 5.10 Å². The monoisotopic (exact) mass is 445 g/mol. The predicted octanol–water partition coefficient (Wildman–Crippen LogP) is 4.18. The summed E-state index contributed by atoms with van der Waals surface area (Å²) in [5, 5.41) is 13.1. The molecule has 1 aliphatic rings. The van der Waals surface area contributed by atoms with Crippen LogP contribution in [0.1, 0.15) is 20.3 Å². The zero-order valence-corrected chi connectivity index (χ0v) is 17.3. The van der Waals surface area contributed by atoms with Crippen molar-refractivity contribution in [1.82, 2.24) is 24.6 Å². The normalized spacial score (nSPS) is 18.1. The second-order valence-electron chi connectivity index (χ2n) is 7.85. The van der Waals surface area contributed by atoms with Crippen LogP contribution in [0.2, 0.25) is 5.02 Å². The number of rotatable bonds is 5. The summed E-state index contributed by atoms with van der Waals surface area (Å²) < 4.78 is 29.9. The number of anilines is 2. The Hall–Kier alpha value is -3.27. The number of hydrogen-bond donors (Lipinski definition) is 3. The van der Waals surface area contributed by atoms with Crippen LogP contribution in [0, 0.1) is 11.7 Å². The molecule has 1 aliphatic carbocycles. The van der Waals surface area contributed by atoms with Gasteiger partial charge < -0.3 is 15.0 Å².